The monoisotopic (exact) mass is 221 g/mol. The highest BCUT2D eigenvalue weighted by atomic mass is 16.4. The first-order valence-corrected chi connectivity index (χ1v) is 5.57. The van der Waals surface area contributed by atoms with E-state index in [1.165, 1.54) is 5.56 Å². The molecule has 0 heterocycles. The number of carbonyl (C=O) groups is 1. The van der Waals surface area contributed by atoms with Crippen LogP contribution in [0.15, 0.2) is 24.3 Å². The average molecular weight is 221 g/mol. The molecule has 1 aromatic carbocycles. The Labute approximate surface area is 96.5 Å². The van der Waals surface area contributed by atoms with Crippen molar-refractivity contribution in [2.75, 3.05) is 11.9 Å². The molecule has 1 atom stereocenters. The van der Waals surface area contributed by atoms with Gasteiger partial charge in [0.1, 0.15) is 0 Å². The first-order valence-electron chi connectivity index (χ1n) is 5.57. The highest BCUT2D eigenvalue weighted by molar-refractivity contribution is 5.70. The van der Waals surface area contributed by atoms with Crippen molar-refractivity contribution in [1.82, 2.24) is 0 Å². The summed E-state index contributed by atoms with van der Waals surface area (Å²) in [7, 11) is 0. The molecule has 3 heteroatoms. The summed E-state index contributed by atoms with van der Waals surface area (Å²) in [6.07, 6.45) is 0. The molecule has 0 amide bonds. The second kappa shape index (κ2) is 5.54. The van der Waals surface area contributed by atoms with Gasteiger partial charge in [-0.2, -0.15) is 0 Å². The highest BCUT2D eigenvalue weighted by Crippen LogP contribution is 2.17. The maximum Gasteiger partial charge on any atom is 0.308 e. The van der Waals surface area contributed by atoms with Crippen LogP contribution in [0.3, 0.4) is 0 Å². The first kappa shape index (κ1) is 12.6. The summed E-state index contributed by atoms with van der Waals surface area (Å²) in [5.74, 6) is -0.622. The van der Waals surface area contributed by atoms with Crippen LogP contribution in [0.25, 0.3) is 0 Å². The summed E-state index contributed by atoms with van der Waals surface area (Å²) >= 11 is 0. The lowest BCUT2D eigenvalue weighted by Gasteiger charge is -2.11. The molecule has 16 heavy (non-hydrogen) atoms. The maximum absolute atomic E-state index is 10.6. The molecule has 88 valence electrons. The Bertz CT molecular complexity index is 343. The molecule has 1 aromatic rings. The Kier molecular flexibility index (Phi) is 4.35. The van der Waals surface area contributed by atoms with Gasteiger partial charge in [-0.1, -0.05) is 32.9 Å². The second-order valence-electron chi connectivity index (χ2n) is 4.40. The van der Waals surface area contributed by atoms with Crippen molar-refractivity contribution in [1.29, 1.82) is 0 Å². The molecule has 0 bridgehead atoms. The standard InChI is InChI=1S/C13H19NO2/c1-9(2)11-4-6-12(7-5-11)14-8-10(3)13(15)16/h4-7,9-10,14H,8H2,1-3H3,(H,15,16). The Hall–Kier alpha value is -1.51. The average Bonchev–Trinajstić information content (AvgIpc) is 2.26. The molecule has 0 radical (unpaired) electrons. The topological polar surface area (TPSA) is 49.3 Å². The second-order valence-corrected chi connectivity index (χ2v) is 4.40. The lowest BCUT2D eigenvalue weighted by molar-refractivity contribution is -0.140. The molecule has 0 aromatic heterocycles. The van der Waals surface area contributed by atoms with Gasteiger partial charge in [0.15, 0.2) is 0 Å². The summed E-state index contributed by atoms with van der Waals surface area (Å²) in [6.45, 7) is 6.44. The van der Waals surface area contributed by atoms with E-state index in [0.29, 0.717) is 12.5 Å². The van der Waals surface area contributed by atoms with Gasteiger partial charge in [-0.05, 0) is 23.6 Å². The van der Waals surface area contributed by atoms with Crippen LogP contribution in [0.4, 0.5) is 5.69 Å². The van der Waals surface area contributed by atoms with Crippen LogP contribution in [-0.2, 0) is 4.79 Å². The van der Waals surface area contributed by atoms with Crippen LogP contribution >= 0.6 is 0 Å². The Morgan fingerprint density at radius 1 is 1.25 bits per heavy atom. The van der Waals surface area contributed by atoms with Crippen LogP contribution in [0, 0.1) is 5.92 Å². The number of anilines is 1. The molecule has 0 aliphatic rings. The molecule has 0 aliphatic heterocycles. The van der Waals surface area contributed by atoms with E-state index in [1.54, 1.807) is 6.92 Å². The first-order chi connectivity index (χ1) is 7.50. The molecule has 2 N–H and O–H groups in total. The van der Waals surface area contributed by atoms with Gasteiger partial charge >= 0.3 is 5.97 Å². The van der Waals surface area contributed by atoms with Crippen LogP contribution in [0.5, 0.6) is 0 Å². The van der Waals surface area contributed by atoms with Gasteiger partial charge in [0.2, 0.25) is 0 Å². The largest absolute Gasteiger partial charge is 0.481 e. The molecular weight excluding hydrogens is 202 g/mol. The number of rotatable bonds is 5. The lowest BCUT2D eigenvalue weighted by Crippen LogP contribution is -2.19. The van der Waals surface area contributed by atoms with Gasteiger partial charge in [-0.3, -0.25) is 4.79 Å². The minimum absolute atomic E-state index is 0.371. The molecule has 0 saturated heterocycles. The fourth-order valence-corrected chi connectivity index (χ4v) is 1.34. The molecule has 1 unspecified atom stereocenters. The number of benzene rings is 1. The zero-order chi connectivity index (χ0) is 12.1. The fraction of sp³-hybridized carbons (Fsp3) is 0.462. The van der Waals surface area contributed by atoms with E-state index < -0.39 is 5.97 Å². The van der Waals surface area contributed by atoms with Gasteiger partial charge < -0.3 is 10.4 Å². The summed E-state index contributed by atoms with van der Waals surface area (Å²) in [4.78, 5) is 10.6. The van der Waals surface area contributed by atoms with Gasteiger partial charge in [0.05, 0.1) is 5.92 Å². The molecule has 1 rings (SSSR count). The third-order valence-corrected chi connectivity index (χ3v) is 2.61. The summed E-state index contributed by atoms with van der Waals surface area (Å²) < 4.78 is 0. The van der Waals surface area contributed by atoms with Crippen molar-refractivity contribution in [3.63, 3.8) is 0 Å². The number of aliphatic carboxylic acids is 1. The molecular formula is C13H19NO2. The third kappa shape index (κ3) is 3.57. The van der Waals surface area contributed by atoms with Crippen LogP contribution in [0.1, 0.15) is 32.3 Å². The van der Waals surface area contributed by atoms with Gasteiger partial charge in [-0.25, -0.2) is 0 Å². The maximum atomic E-state index is 10.6. The molecule has 0 aliphatic carbocycles. The minimum atomic E-state index is -0.772. The number of nitrogens with one attached hydrogen (secondary N) is 1. The smallest absolute Gasteiger partial charge is 0.308 e. The van der Waals surface area contributed by atoms with Crippen molar-refractivity contribution in [2.45, 2.75) is 26.7 Å². The summed E-state index contributed by atoms with van der Waals surface area (Å²) in [5.41, 5.74) is 2.26. The van der Waals surface area contributed by atoms with Gasteiger partial charge in [-0.15, -0.1) is 0 Å². The minimum Gasteiger partial charge on any atom is -0.481 e. The fourth-order valence-electron chi connectivity index (χ4n) is 1.34. The van der Waals surface area contributed by atoms with E-state index in [1.807, 2.05) is 12.1 Å². The zero-order valence-corrected chi connectivity index (χ0v) is 10.0. The van der Waals surface area contributed by atoms with Gasteiger partial charge in [0.25, 0.3) is 0 Å². The third-order valence-electron chi connectivity index (χ3n) is 2.61. The molecule has 0 saturated carbocycles. The van der Waals surface area contributed by atoms with Crippen molar-refractivity contribution >= 4 is 11.7 Å². The van der Waals surface area contributed by atoms with E-state index in [9.17, 15) is 4.79 Å². The van der Waals surface area contributed by atoms with Crippen molar-refractivity contribution in [3.8, 4) is 0 Å². The Morgan fingerprint density at radius 2 is 1.81 bits per heavy atom. The number of carboxylic acid groups (broad SMARTS) is 1. The highest BCUT2D eigenvalue weighted by Gasteiger charge is 2.09. The number of carboxylic acids is 1. The SMILES string of the molecule is CC(CNc1ccc(C(C)C)cc1)C(=O)O. The van der Waals surface area contributed by atoms with Crippen molar-refractivity contribution in [2.24, 2.45) is 5.92 Å². The summed E-state index contributed by atoms with van der Waals surface area (Å²) in [5, 5.41) is 11.8. The molecule has 0 fully saturated rings. The zero-order valence-electron chi connectivity index (χ0n) is 10.0. The van der Waals surface area contributed by atoms with Crippen molar-refractivity contribution in [3.05, 3.63) is 29.8 Å². The predicted molar refractivity (Wildman–Crippen MR) is 65.8 cm³/mol. The molecule has 3 nitrogen and oxygen atoms in total. The van der Waals surface area contributed by atoms with Crippen LogP contribution in [-0.4, -0.2) is 17.6 Å². The molecule has 0 spiro atoms. The van der Waals surface area contributed by atoms with Crippen LogP contribution < -0.4 is 5.32 Å². The van der Waals surface area contributed by atoms with E-state index in [2.05, 4.69) is 31.3 Å². The van der Waals surface area contributed by atoms with Crippen molar-refractivity contribution < 1.29 is 9.90 Å². The number of hydrogen-bond acceptors (Lipinski definition) is 2. The van der Waals surface area contributed by atoms with E-state index in [0.717, 1.165) is 5.69 Å². The Morgan fingerprint density at radius 3 is 2.25 bits per heavy atom. The quantitative estimate of drug-likeness (QED) is 0.803. The normalized spacial score (nSPS) is 12.5. The number of hydrogen-bond donors (Lipinski definition) is 2. The van der Waals surface area contributed by atoms with E-state index >= 15 is 0 Å². The van der Waals surface area contributed by atoms with E-state index in [-0.39, 0.29) is 5.92 Å². The van der Waals surface area contributed by atoms with E-state index in [4.69, 9.17) is 5.11 Å². The lowest BCUT2D eigenvalue weighted by atomic mass is 10.0. The van der Waals surface area contributed by atoms with Gasteiger partial charge in [0, 0.05) is 12.2 Å². The summed E-state index contributed by atoms with van der Waals surface area (Å²) in [6, 6.07) is 8.12. The predicted octanol–water partition coefficient (Wildman–Crippen LogP) is 2.94. The Balaban J connectivity index is 2.52. The van der Waals surface area contributed by atoms with Crippen LogP contribution in [0.2, 0.25) is 0 Å².